The van der Waals surface area contributed by atoms with Crippen LogP contribution in [0.25, 0.3) is 11.3 Å². The van der Waals surface area contributed by atoms with Crippen LogP contribution in [0.1, 0.15) is 32.5 Å². The van der Waals surface area contributed by atoms with Crippen molar-refractivity contribution in [2.45, 2.75) is 38.8 Å². The Morgan fingerprint density at radius 3 is 2.64 bits per heavy atom. The smallest absolute Gasteiger partial charge is 0.120 e. The number of aromatic amines is 1. The summed E-state index contributed by atoms with van der Waals surface area (Å²) in [5.41, 5.74) is 2.36. The molecule has 2 N–H and O–H groups in total. The molecule has 1 aliphatic rings. The predicted molar refractivity (Wildman–Crippen MR) is 90.6 cm³/mol. The number of aromatic nitrogens is 2. The van der Waals surface area contributed by atoms with E-state index in [0.29, 0.717) is 0 Å². The van der Waals surface area contributed by atoms with Crippen molar-refractivity contribution in [3.05, 3.63) is 42.4 Å². The van der Waals surface area contributed by atoms with Crippen LogP contribution in [0.2, 0.25) is 0 Å². The summed E-state index contributed by atoms with van der Waals surface area (Å²) in [5, 5.41) is 3.63. The van der Waals surface area contributed by atoms with Crippen LogP contribution in [0.15, 0.2) is 36.5 Å². The molecule has 4 heteroatoms. The van der Waals surface area contributed by atoms with E-state index in [0.717, 1.165) is 24.6 Å². The number of nitrogens with zero attached hydrogens (tertiary/aromatic N) is 2. The number of nitrogens with one attached hydrogen (secondary N) is 2. The Hall–Kier alpha value is -1.65. The highest BCUT2D eigenvalue weighted by molar-refractivity contribution is 5.57. The molecule has 118 valence electrons. The highest BCUT2D eigenvalue weighted by atomic mass is 15.2. The topological polar surface area (TPSA) is 44.0 Å². The molecule has 1 saturated heterocycles. The molecule has 0 bridgehead atoms. The number of H-pyrrole nitrogens is 1. The second-order valence-corrected chi connectivity index (χ2v) is 6.83. The fourth-order valence-corrected chi connectivity index (χ4v) is 3.10. The minimum absolute atomic E-state index is 0.101. The lowest BCUT2D eigenvalue weighted by atomic mass is 10.1. The number of hydrogen-bond donors (Lipinski definition) is 2. The lowest BCUT2D eigenvalue weighted by molar-refractivity contribution is 0.233. The average molecular weight is 298 g/mol. The Bertz CT molecular complexity index is 582. The van der Waals surface area contributed by atoms with Crippen LogP contribution >= 0.6 is 0 Å². The van der Waals surface area contributed by atoms with E-state index in [2.05, 4.69) is 46.2 Å². The first kappa shape index (κ1) is 15.3. The molecule has 4 nitrogen and oxygen atoms in total. The normalized spacial score (nSPS) is 16.3. The maximum atomic E-state index is 4.50. The van der Waals surface area contributed by atoms with Gasteiger partial charge < -0.3 is 15.2 Å². The van der Waals surface area contributed by atoms with Crippen molar-refractivity contribution >= 4 is 0 Å². The van der Waals surface area contributed by atoms with E-state index in [1.165, 1.54) is 31.5 Å². The summed E-state index contributed by atoms with van der Waals surface area (Å²) < 4.78 is 0. The van der Waals surface area contributed by atoms with Gasteiger partial charge in [0.05, 0.1) is 18.4 Å². The molecular weight excluding hydrogens is 272 g/mol. The number of benzene rings is 1. The molecule has 0 radical (unpaired) electrons. The van der Waals surface area contributed by atoms with Crippen LogP contribution in [0.3, 0.4) is 0 Å². The largest absolute Gasteiger partial charge is 0.341 e. The Labute approximate surface area is 133 Å². The van der Waals surface area contributed by atoms with Crippen LogP contribution in [-0.4, -0.2) is 40.0 Å². The summed E-state index contributed by atoms with van der Waals surface area (Å²) in [6.07, 6.45) is 4.60. The van der Waals surface area contributed by atoms with Gasteiger partial charge in [-0.05, 0) is 45.3 Å². The van der Waals surface area contributed by atoms with Gasteiger partial charge in [-0.25, -0.2) is 4.98 Å². The molecule has 3 rings (SSSR count). The Balaban J connectivity index is 1.56. The standard InChI is InChI=1S/C18H26N4/c1-18(2,14-22-10-6-7-11-22)20-13-17-19-12-16(21-17)15-8-4-3-5-9-15/h3-5,8-9,12,20H,6-7,10-11,13-14H2,1-2H3,(H,19,21). The minimum Gasteiger partial charge on any atom is -0.341 e. The van der Waals surface area contributed by atoms with Crippen LogP contribution in [-0.2, 0) is 6.54 Å². The van der Waals surface area contributed by atoms with Crippen molar-refractivity contribution in [1.82, 2.24) is 20.2 Å². The molecular formula is C18H26N4. The number of imidazole rings is 1. The number of rotatable bonds is 6. The van der Waals surface area contributed by atoms with E-state index < -0.39 is 0 Å². The van der Waals surface area contributed by atoms with Gasteiger partial charge in [0.25, 0.3) is 0 Å². The van der Waals surface area contributed by atoms with Gasteiger partial charge in [0, 0.05) is 12.1 Å². The number of hydrogen-bond acceptors (Lipinski definition) is 3. The molecule has 1 fully saturated rings. The summed E-state index contributed by atoms with van der Waals surface area (Å²) in [6, 6.07) is 10.3. The number of likely N-dealkylation sites (tertiary alicyclic amines) is 1. The van der Waals surface area contributed by atoms with Crippen molar-refractivity contribution in [1.29, 1.82) is 0 Å². The van der Waals surface area contributed by atoms with E-state index in [4.69, 9.17) is 0 Å². The maximum absolute atomic E-state index is 4.50. The fraction of sp³-hybridized carbons (Fsp3) is 0.500. The molecule has 2 aromatic rings. The molecule has 0 saturated carbocycles. The van der Waals surface area contributed by atoms with Gasteiger partial charge >= 0.3 is 0 Å². The molecule has 0 aliphatic carbocycles. The maximum Gasteiger partial charge on any atom is 0.120 e. The Morgan fingerprint density at radius 1 is 1.18 bits per heavy atom. The van der Waals surface area contributed by atoms with E-state index in [1.54, 1.807) is 0 Å². The molecule has 1 aromatic heterocycles. The van der Waals surface area contributed by atoms with Gasteiger partial charge in [-0.1, -0.05) is 30.3 Å². The SMILES string of the molecule is CC(C)(CN1CCCC1)NCc1ncc(-c2ccccc2)[nH]1. The Kier molecular flexibility index (Phi) is 4.60. The zero-order chi connectivity index (χ0) is 15.4. The summed E-state index contributed by atoms with van der Waals surface area (Å²) in [7, 11) is 0. The van der Waals surface area contributed by atoms with E-state index in [-0.39, 0.29) is 5.54 Å². The highest BCUT2D eigenvalue weighted by Crippen LogP contribution is 2.17. The van der Waals surface area contributed by atoms with Gasteiger partial charge in [-0.2, -0.15) is 0 Å². The van der Waals surface area contributed by atoms with Crippen LogP contribution in [0.4, 0.5) is 0 Å². The summed E-state index contributed by atoms with van der Waals surface area (Å²) >= 11 is 0. The average Bonchev–Trinajstić information content (AvgIpc) is 3.17. The minimum atomic E-state index is 0.101. The third-order valence-electron chi connectivity index (χ3n) is 4.27. The van der Waals surface area contributed by atoms with Gasteiger partial charge in [-0.3, -0.25) is 0 Å². The molecule has 2 heterocycles. The summed E-state index contributed by atoms with van der Waals surface area (Å²) in [5.74, 6) is 0.994. The lowest BCUT2D eigenvalue weighted by Crippen LogP contribution is -2.48. The second-order valence-electron chi connectivity index (χ2n) is 6.83. The zero-order valence-electron chi connectivity index (χ0n) is 13.6. The van der Waals surface area contributed by atoms with Gasteiger partial charge in [-0.15, -0.1) is 0 Å². The molecule has 0 unspecified atom stereocenters. The third kappa shape index (κ3) is 3.96. The van der Waals surface area contributed by atoms with Crippen LogP contribution in [0, 0.1) is 0 Å². The van der Waals surface area contributed by atoms with Gasteiger partial charge in [0.1, 0.15) is 5.82 Å². The van der Waals surface area contributed by atoms with Crippen molar-refractivity contribution < 1.29 is 0 Å². The van der Waals surface area contributed by atoms with E-state index >= 15 is 0 Å². The molecule has 1 aromatic carbocycles. The molecule has 0 atom stereocenters. The zero-order valence-corrected chi connectivity index (χ0v) is 13.6. The van der Waals surface area contributed by atoms with E-state index in [1.807, 2.05) is 24.4 Å². The first-order chi connectivity index (χ1) is 10.6. The van der Waals surface area contributed by atoms with Crippen LogP contribution < -0.4 is 5.32 Å². The predicted octanol–water partition coefficient (Wildman–Crippen LogP) is 3.04. The van der Waals surface area contributed by atoms with Crippen molar-refractivity contribution in [3.8, 4) is 11.3 Å². The molecule has 0 spiro atoms. The molecule has 1 aliphatic heterocycles. The molecule has 22 heavy (non-hydrogen) atoms. The summed E-state index contributed by atoms with van der Waals surface area (Å²) in [6.45, 7) is 8.89. The fourth-order valence-electron chi connectivity index (χ4n) is 3.10. The second kappa shape index (κ2) is 6.63. The first-order valence-electron chi connectivity index (χ1n) is 8.19. The van der Waals surface area contributed by atoms with Gasteiger partial charge in [0.15, 0.2) is 0 Å². The van der Waals surface area contributed by atoms with Crippen molar-refractivity contribution in [2.24, 2.45) is 0 Å². The highest BCUT2D eigenvalue weighted by Gasteiger charge is 2.23. The third-order valence-corrected chi connectivity index (χ3v) is 4.27. The van der Waals surface area contributed by atoms with Crippen molar-refractivity contribution in [2.75, 3.05) is 19.6 Å². The quantitative estimate of drug-likeness (QED) is 0.861. The lowest BCUT2D eigenvalue weighted by Gasteiger charge is -2.31. The van der Waals surface area contributed by atoms with Gasteiger partial charge in [0.2, 0.25) is 0 Å². The van der Waals surface area contributed by atoms with Crippen molar-refractivity contribution in [3.63, 3.8) is 0 Å². The molecule has 0 amide bonds. The monoisotopic (exact) mass is 298 g/mol. The van der Waals surface area contributed by atoms with Crippen LogP contribution in [0.5, 0.6) is 0 Å². The Morgan fingerprint density at radius 2 is 1.91 bits per heavy atom. The summed E-state index contributed by atoms with van der Waals surface area (Å²) in [4.78, 5) is 10.5. The first-order valence-corrected chi connectivity index (χ1v) is 8.19. The van der Waals surface area contributed by atoms with E-state index in [9.17, 15) is 0 Å².